The van der Waals surface area contributed by atoms with Crippen LogP contribution in [0, 0.1) is 0 Å². The van der Waals surface area contributed by atoms with E-state index in [2.05, 4.69) is 376 Å². The molecule has 14 aromatic rings. The van der Waals surface area contributed by atoms with E-state index in [-0.39, 0.29) is 19.3 Å². The first-order valence-corrected chi connectivity index (χ1v) is 59.1. The molecular weight excluding hydrogens is 1900 g/mol. The van der Waals surface area contributed by atoms with Gasteiger partial charge in [-0.15, -0.1) is 0 Å². The van der Waals surface area contributed by atoms with Crippen LogP contribution < -0.4 is 0 Å². The van der Waals surface area contributed by atoms with Crippen molar-refractivity contribution in [1.82, 2.24) is 0 Å². The minimum absolute atomic E-state index is 0.265. The van der Waals surface area contributed by atoms with Crippen molar-refractivity contribution in [1.29, 1.82) is 0 Å². The van der Waals surface area contributed by atoms with E-state index in [9.17, 15) is 19.2 Å². The number of aryl methyl sites for hydroxylation is 2. The Morgan fingerprint density at radius 1 is 0.204 bits per heavy atom. The molecule has 0 radical (unpaired) electrons. The van der Waals surface area contributed by atoms with Gasteiger partial charge in [-0.2, -0.15) is 94.1 Å². The lowest BCUT2D eigenvalue weighted by atomic mass is 10.0. The third-order valence-electron chi connectivity index (χ3n) is 24.5. The van der Waals surface area contributed by atoms with E-state index in [0.29, 0.717) is 27.4 Å². The topological polar surface area (TPSA) is 149 Å². The maximum atomic E-state index is 11.0. The summed E-state index contributed by atoms with van der Waals surface area (Å²) >= 11 is 16.2. The second-order valence-corrected chi connectivity index (χ2v) is 45.5. The van der Waals surface area contributed by atoms with E-state index >= 15 is 0 Å². The number of benzene rings is 14. The van der Waals surface area contributed by atoms with Gasteiger partial charge in [0.25, 0.3) is 0 Å². The van der Waals surface area contributed by atoms with Gasteiger partial charge in [0.1, 0.15) is 0 Å². The SMILES string of the molecule is O=C(O)CCCCC(CCSCCc1ccccc1)SCCc1ccccc1.O=C(O)CCCCC(CCSCc1ccc(-c2ccccc2)cc1)SCc1ccc(-c2ccccc2)cc1.O=C(O)CCCCC(CCSCc1ccc(/C=C/c2ccccc2)cc1)SCc1ccc(/C=C/c2ccccc2)cc1.O=C(O)CCCCC(CCSCc1ccc2ccccc2c1)SCc1ccc2ccccc2c1. The van der Waals surface area contributed by atoms with Gasteiger partial charge in [0.2, 0.25) is 0 Å². The van der Waals surface area contributed by atoms with Crippen LogP contribution in [-0.2, 0) is 66.5 Å². The molecule has 0 aliphatic carbocycles. The Hall–Kier alpha value is -10.2. The molecule has 0 saturated heterocycles. The summed E-state index contributed by atoms with van der Waals surface area (Å²) in [6.07, 6.45) is 28.0. The van der Waals surface area contributed by atoms with Gasteiger partial charge < -0.3 is 20.4 Å². The molecule has 14 aromatic carbocycles. The van der Waals surface area contributed by atoms with E-state index in [1.165, 1.54) is 128 Å². The van der Waals surface area contributed by atoms with Gasteiger partial charge in [-0.1, -0.05) is 414 Å². The van der Waals surface area contributed by atoms with Gasteiger partial charge in [-0.25, -0.2) is 0 Å². The molecule has 0 amide bonds. The van der Waals surface area contributed by atoms with E-state index in [0.717, 1.165) is 167 Å². The first-order chi connectivity index (χ1) is 69.7. The minimum atomic E-state index is -0.697. The molecular formula is C126H140O8S8. The van der Waals surface area contributed by atoms with Crippen molar-refractivity contribution in [3.63, 3.8) is 0 Å². The molecule has 16 heteroatoms. The largest absolute Gasteiger partial charge is 0.481 e. The Labute approximate surface area is 880 Å². The fourth-order valence-electron chi connectivity index (χ4n) is 16.3. The predicted octanol–water partition coefficient (Wildman–Crippen LogP) is 35.1. The second-order valence-electron chi connectivity index (χ2n) is 35.7. The van der Waals surface area contributed by atoms with Crippen LogP contribution in [-0.4, -0.2) is 99.8 Å². The smallest absolute Gasteiger partial charge is 0.303 e. The lowest BCUT2D eigenvalue weighted by Gasteiger charge is -2.17. The zero-order valence-corrected chi connectivity index (χ0v) is 88.5. The van der Waals surface area contributed by atoms with Crippen LogP contribution in [0.5, 0.6) is 0 Å². The lowest BCUT2D eigenvalue weighted by molar-refractivity contribution is -0.138. The summed E-state index contributed by atoms with van der Waals surface area (Å²) < 4.78 is 0. The summed E-state index contributed by atoms with van der Waals surface area (Å²) in [5, 5.41) is 43.3. The van der Waals surface area contributed by atoms with Gasteiger partial charge in [-0.05, 0) is 235 Å². The van der Waals surface area contributed by atoms with Gasteiger partial charge in [0.05, 0.1) is 0 Å². The number of thioether (sulfide) groups is 8. The van der Waals surface area contributed by atoms with Crippen LogP contribution in [0.3, 0.4) is 0 Å². The molecule has 14 rings (SSSR count). The highest BCUT2D eigenvalue weighted by Crippen LogP contribution is 2.35. The van der Waals surface area contributed by atoms with E-state index in [1.807, 2.05) is 107 Å². The molecule has 0 aliphatic rings. The van der Waals surface area contributed by atoms with Crippen molar-refractivity contribution in [2.24, 2.45) is 0 Å². The molecule has 0 bridgehead atoms. The number of rotatable bonds is 60. The Morgan fingerprint density at radius 3 is 0.810 bits per heavy atom. The molecule has 0 aromatic heterocycles. The summed E-state index contributed by atoms with van der Waals surface area (Å²) in [5.41, 5.74) is 20.8. The highest BCUT2D eigenvalue weighted by molar-refractivity contribution is 8.01. The second kappa shape index (κ2) is 68.1. The van der Waals surface area contributed by atoms with Crippen molar-refractivity contribution in [2.75, 3.05) is 34.5 Å². The average Bonchev–Trinajstić information content (AvgIpc) is 0.849. The zero-order chi connectivity index (χ0) is 99.1. The van der Waals surface area contributed by atoms with Crippen molar-refractivity contribution >= 4 is 164 Å². The fourth-order valence-corrected chi connectivity index (χ4v) is 26.0. The third-order valence-corrected chi connectivity index (χ3v) is 34.4. The maximum absolute atomic E-state index is 11.0. The quantitative estimate of drug-likeness (QED) is 0.0211. The molecule has 740 valence electrons. The van der Waals surface area contributed by atoms with Crippen LogP contribution in [0.15, 0.2) is 364 Å². The summed E-state index contributed by atoms with van der Waals surface area (Å²) in [7, 11) is 0. The van der Waals surface area contributed by atoms with E-state index in [1.54, 1.807) is 0 Å². The van der Waals surface area contributed by atoms with Crippen LogP contribution in [0.4, 0.5) is 0 Å². The highest BCUT2D eigenvalue weighted by Gasteiger charge is 2.18. The summed E-state index contributed by atoms with van der Waals surface area (Å²) in [6.45, 7) is 0. The van der Waals surface area contributed by atoms with E-state index in [4.69, 9.17) is 20.4 Å². The van der Waals surface area contributed by atoms with Gasteiger partial charge in [-0.3, -0.25) is 19.2 Å². The van der Waals surface area contributed by atoms with Crippen molar-refractivity contribution in [3.8, 4) is 22.3 Å². The number of unbranched alkanes of at least 4 members (excludes halogenated alkanes) is 4. The Kier molecular flexibility index (Phi) is 53.8. The van der Waals surface area contributed by atoms with Crippen molar-refractivity contribution in [3.05, 3.63) is 431 Å². The van der Waals surface area contributed by atoms with Crippen LogP contribution in [0.1, 0.15) is 195 Å². The molecule has 8 nitrogen and oxygen atoms in total. The minimum Gasteiger partial charge on any atom is -0.481 e. The first-order valence-electron chi connectivity index (χ1n) is 50.3. The van der Waals surface area contributed by atoms with Crippen molar-refractivity contribution in [2.45, 2.75) is 197 Å². The molecule has 142 heavy (non-hydrogen) atoms. The predicted molar refractivity (Wildman–Crippen MR) is 626 cm³/mol. The molecule has 4 atom stereocenters. The molecule has 4 N–H and O–H groups in total. The summed E-state index contributed by atoms with van der Waals surface area (Å²) in [5.74, 6) is 10.1. The number of hydrogen-bond donors (Lipinski definition) is 4. The highest BCUT2D eigenvalue weighted by atomic mass is 32.2. The molecule has 0 heterocycles. The fraction of sp³-hybridized carbons (Fsp3) is 0.302. The number of carboxylic acid groups (broad SMARTS) is 4. The Morgan fingerprint density at radius 2 is 0.458 bits per heavy atom. The average molecular weight is 2040 g/mol. The summed E-state index contributed by atoms with van der Waals surface area (Å²) in [4.78, 5) is 43.5. The number of fused-ring (bicyclic) bond motifs is 2. The van der Waals surface area contributed by atoms with Gasteiger partial charge in [0, 0.05) is 81.2 Å². The zero-order valence-electron chi connectivity index (χ0n) is 82.0. The Balaban J connectivity index is 0.000000183. The number of hydrogen-bond acceptors (Lipinski definition) is 12. The summed E-state index contributed by atoms with van der Waals surface area (Å²) in [6, 6.07) is 129. The number of carboxylic acids is 4. The third kappa shape index (κ3) is 47.1. The van der Waals surface area contributed by atoms with Crippen molar-refractivity contribution < 1.29 is 39.6 Å². The van der Waals surface area contributed by atoms with Crippen LogP contribution >= 0.6 is 94.1 Å². The first kappa shape index (κ1) is 112. The number of aliphatic carboxylic acids is 4. The van der Waals surface area contributed by atoms with Crippen LogP contribution in [0.2, 0.25) is 0 Å². The number of carbonyl (C=O) groups is 4. The van der Waals surface area contributed by atoms with Crippen LogP contribution in [0.25, 0.3) is 68.1 Å². The standard InChI is InChI=1S/C38H40O2S2.C34H36O2S2.C30H32O2S2.C24H32O2S2/c39-38(40)14-8-7-13-37(42-30-36-25-21-34(22-26-36)18-16-32-11-5-2-6-12-32)27-28-41-29-35-23-19-33(20-24-35)17-15-31-9-3-1-4-10-31;35-34(36)14-8-7-13-33(38-26-28-17-21-32(22-18-28)30-11-5-2-6-12-30)23-24-37-25-27-15-19-31(20-16-27)29-9-3-1-4-10-29;31-30(32)12-6-5-11-29(34-22-24-14-16-26-8-2-4-10-28(26)20-24)17-18-33-21-23-13-15-25-7-1-3-9-27(25)19-23;25-24(26)14-8-7-13-23(28-20-16-22-11-5-2-6-12-22)17-19-27-18-15-21-9-3-1-4-10-21/h1-6,9-12,15-26,37H,7-8,13-14,27-30H2,(H,39,40);1-6,9-12,15-22,33H,7-8,13-14,23-26H2,(H,35,36);1-4,7-10,13-16,19-20,29H,5-6,11-12,17-18,21-22H2,(H,31,32);1-6,9-12,23H,7-8,13-20H2,(H,25,26)/b17-15+,18-16+;;;. The van der Waals surface area contributed by atoms with Gasteiger partial charge >= 0.3 is 23.9 Å². The molecule has 0 fully saturated rings. The Bertz CT molecular complexity index is 5900. The molecule has 4 unspecified atom stereocenters. The van der Waals surface area contributed by atoms with E-state index < -0.39 is 23.9 Å². The maximum Gasteiger partial charge on any atom is 0.303 e. The van der Waals surface area contributed by atoms with Gasteiger partial charge in [0.15, 0.2) is 0 Å². The normalized spacial score (nSPS) is 12.1. The monoisotopic (exact) mass is 2040 g/mol. The molecule has 0 spiro atoms. The lowest BCUT2D eigenvalue weighted by Crippen LogP contribution is -2.07. The molecule has 0 saturated carbocycles. The molecule has 0 aliphatic heterocycles.